The van der Waals surface area contributed by atoms with Gasteiger partial charge in [0.15, 0.2) is 0 Å². The van der Waals surface area contributed by atoms with Crippen molar-refractivity contribution in [2.75, 3.05) is 24.6 Å². The maximum absolute atomic E-state index is 13.5. The Morgan fingerprint density at radius 3 is 2.58 bits per heavy atom. The van der Waals surface area contributed by atoms with Crippen molar-refractivity contribution in [2.45, 2.75) is 70.6 Å². The zero-order valence-corrected chi connectivity index (χ0v) is 19.6. The minimum absolute atomic E-state index is 0.161. The molecule has 5 aliphatic rings. The van der Waals surface area contributed by atoms with E-state index < -0.39 is 6.09 Å². The number of nitrogens with one attached hydrogen (secondary N) is 2. The zero-order valence-electron chi connectivity index (χ0n) is 19.6. The van der Waals surface area contributed by atoms with E-state index in [-0.39, 0.29) is 23.5 Å². The molecule has 3 atom stereocenters. The van der Waals surface area contributed by atoms with Gasteiger partial charge in [-0.1, -0.05) is 12.1 Å². The fraction of sp³-hybridized carbons (Fsp3) is 0.692. The minimum Gasteiger partial charge on any atom is -0.450 e. The summed E-state index contributed by atoms with van der Waals surface area (Å²) in [6, 6.07) is 8.41. The molecule has 6 rings (SSSR count). The summed E-state index contributed by atoms with van der Waals surface area (Å²) in [6.45, 7) is 4.40. The Morgan fingerprint density at radius 1 is 1.15 bits per heavy atom. The van der Waals surface area contributed by atoms with E-state index in [9.17, 15) is 14.7 Å². The van der Waals surface area contributed by atoms with Crippen LogP contribution in [0.25, 0.3) is 0 Å². The SMILES string of the molecule is CCOC(=O)NCc1ccc(N2CCC[C@H](NC(=O)C34CC5CC(C3)C(O)C(C5)C4)C2)cc1. The van der Waals surface area contributed by atoms with Gasteiger partial charge >= 0.3 is 6.09 Å². The number of benzene rings is 1. The third-order valence-electron chi connectivity index (χ3n) is 8.48. The van der Waals surface area contributed by atoms with Gasteiger partial charge in [-0.3, -0.25) is 4.79 Å². The number of carbonyl (C=O) groups is 2. The summed E-state index contributed by atoms with van der Waals surface area (Å²) in [7, 11) is 0. The highest BCUT2D eigenvalue weighted by Gasteiger charge is 2.58. The molecule has 1 aromatic carbocycles. The van der Waals surface area contributed by atoms with Gasteiger partial charge < -0.3 is 25.4 Å². The predicted octanol–water partition coefficient (Wildman–Crippen LogP) is 3.20. The summed E-state index contributed by atoms with van der Waals surface area (Å²) in [6.07, 6.45) is 6.43. The molecule has 0 aromatic heterocycles. The molecule has 1 aromatic rings. The molecule has 1 heterocycles. The average molecular weight is 456 g/mol. The summed E-state index contributed by atoms with van der Waals surface area (Å²) < 4.78 is 4.90. The van der Waals surface area contributed by atoms with Crippen LogP contribution in [0.4, 0.5) is 10.5 Å². The number of hydrogen-bond acceptors (Lipinski definition) is 5. The number of amides is 2. The van der Waals surface area contributed by atoms with Crippen molar-refractivity contribution in [3.05, 3.63) is 29.8 Å². The van der Waals surface area contributed by atoms with Crippen LogP contribution in [0.2, 0.25) is 0 Å². The minimum atomic E-state index is -0.398. The molecular weight excluding hydrogens is 418 g/mol. The van der Waals surface area contributed by atoms with E-state index >= 15 is 0 Å². The normalized spacial score (nSPS) is 34.7. The summed E-state index contributed by atoms with van der Waals surface area (Å²) in [5.41, 5.74) is 1.93. The van der Waals surface area contributed by atoms with Gasteiger partial charge in [-0.05, 0) is 87.3 Å². The standard InChI is InChI=1S/C26H37N3O4/c1-2-33-25(32)27-15-17-5-7-22(8-6-17)29-9-3-4-21(16-29)28-24(31)26-12-18-10-19(13-26)23(30)20(11-18)14-26/h5-8,18-21,23,30H,2-4,9-16H2,1H3,(H,27,32)(H,28,31)/t18?,19?,20?,21-,23?,26?/m0/s1. The number of nitrogens with zero attached hydrogens (tertiary/aromatic N) is 1. The molecule has 1 saturated heterocycles. The molecule has 4 saturated carbocycles. The lowest BCUT2D eigenvalue weighted by Crippen LogP contribution is -2.60. The Morgan fingerprint density at radius 2 is 1.88 bits per heavy atom. The van der Waals surface area contributed by atoms with Gasteiger partial charge in [0, 0.05) is 31.4 Å². The van der Waals surface area contributed by atoms with Gasteiger partial charge in [-0.15, -0.1) is 0 Å². The average Bonchev–Trinajstić information content (AvgIpc) is 2.81. The van der Waals surface area contributed by atoms with Crippen molar-refractivity contribution >= 4 is 17.7 Å². The number of ether oxygens (including phenoxy) is 1. The fourth-order valence-corrected chi connectivity index (χ4v) is 7.12. The van der Waals surface area contributed by atoms with Crippen molar-refractivity contribution < 1.29 is 19.4 Å². The Hall–Kier alpha value is -2.28. The number of piperidine rings is 1. The highest BCUT2D eigenvalue weighted by Crippen LogP contribution is 2.60. The number of alkyl carbamates (subject to hydrolysis) is 1. The molecule has 2 unspecified atom stereocenters. The fourth-order valence-electron chi connectivity index (χ4n) is 7.12. The summed E-state index contributed by atoms with van der Waals surface area (Å²) in [5.74, 6) is 1.50. The first-order valence-corrected chi connectivity index (χ1v) is 12.7. The number of aliphatic hydroxyl groups excluding tert-OH is 1. The van der Waals surface area contributed by atoms with E-state index in [0.717, 1.165) is 69.3 Å². The van der Waals surface area contributed by atoms with Crippen molar-refractivity contribution in [1.29, 1.82) is 0 Å². The molecule has 0 radical (unpaired) electrons. The number of rotatable bonds is 6. The molecule has 2 amide bonds. The molecule has 0 spiro atoms. The van der Waals surface area contributed by atoms with Crippen molar-refractivity contribution in [3.8, 4) is 0 Å². The topological polar surface area (TPSA) is 90.9 Å². The Kier molecular flexibility index (Phi) is 6.25. The van der Waals surface area contributed by atoms with Crippen LogP contribution in [0.3, 0.4) is 0 Å². The second kappa shape index (κ2) is 9.16. The van der Waals surface area contributed by atoms with Crippen molar-refractivity contribution in [3.63, 3.8) is 0 Å². The first kappa shape index (κ1) is 22.5. The second-order valence-corrected chi connectivity index (χ2v) is 10.7. The summed E-state index contributed by atoms with van der Waals surface area (Å²) in [5, 5.41) is 16.7. The summed E-state index contributed by atoms with van der Waals surface area (Å²) >= 11 is 0. The Bertz CT molecular complexity index is 857. The Labute approximate surface area is 196 Å². The van der Waals surface area contributed by atoms with E-state index in [1.165, 1.54) is 0 Å². The van der Waals surface area contributed by atoms with E-state index in [2.05, 4.69) is 27.7 Å². The molecule has 3 N–H and O–H groups in total. The molecule has 5 fully saturated rings. The van der Waals surface area contributed by atoms with Crippen molar-refractivity contribution in [1.82, 2.24) is 10.6 Å². The number of hydrogen-bond donors (Lipinski definition) is 3. The molecule has 7 heteroatoms. The van der Waals surface area contributed by atoms with E-state index in [0.29, 0.717) is 30.9 Å². The number of anilines is 1. The van der Waals surface area contributed by atoms with Gasteiger partial charge in [0.2, 0.25) is 5.91 Å². The molecule has 4 aliphatic carbocycles. The van der Waals surface area contributed by atoms with Crippen LogP contribution in [-0.4, -0.2) is 48.9 Å². The van der Waals surface area contributed by atoms with Gasteiger partial charge in [-0.25, -0.2) is 4.79 Å². The highest BCUT2D eigenvalue weighted by molar-refractivity contribution is 5.83. The van der Waals surface area contributed by atoms with Crippen LogP contribution in [0.15, 0.2) is 24.3 Å². The smallest absolute Gasteiger partial charge is 0.407 e. The Balaban J connectivity index is 1.17. The lowest BCUT2D eigenvalue weighted by molar-refractivity contribution is -0.163. The number of carbonyl (C=O) groups excluding carboxylic acids is 2. The van der Waals surface area contributed by atoms with Gasteiger partial charge in [0.05, 0.1) is 18.1 Å². The van der Waals surface area contributed by atoms with E-state index in [4.69, 9.17) is 4.74 Å². The first-order valence-electron chi connectivity index (χ1n) is 12.7. The van der Waals surface area contributed by atoms with Gasteiger partial charge in [0.25, 0.3) is 0 Å². The lowest BCUT2D eigenvalue weighted by Gasteiger charge is -2.58. The molecule has 7 nitrogen and oxygen atoms in total. The van der Waals surface area contributed by atoms with Crippen LogP contribution in [0, 0.1) is 23.2 Å². The highest BCUT2D eigenvalue weighted by atomic mass is 16.5. The lowest BCUT2D eigenvalue weighted by atomic mass is 9.48. The third-order valence-corrected chi connectivity index (χ3v) is 8.48. The van der Waals surface area contributed by atoms with Crippen molar-refractivity contribution in [2.24, 2.45) is 23.2 Å². The molecule has 4 bridgehead atoms. The van der Waals surface area contributed by atoms with E-state index in [1.54, 1.807) is 6.92 Å². The quantitative estimate of drug-likeness (QED) is 0.613. The molecule has 180 valence electrons. The largest absolute Gasteiger partial charge is 0.450 e. The van der Waals surface area contributed by atoms with Crippen LogP contribution >= 0.6 is 0 Å². The second-order valence-electron chi connectivity index (χ2n) is 10.7. The molecule has 1 aliphatic heterocycles. The van der Waals surface area contributed by atoms with Gasteiger partial charge in [-0.2, -0.15) is 0 Å². The zero-order chi connectivity index (χ0) is 23.0. The first-order chi connectivity index (χ1) is 16.0. The molecule has 33 heavy (non-hydrogen) atoms. The van der Waals surface area contributed by atoms with Crippen LogP contribution in [-0.2, 0) is 16.1 Å². The maximum Gasteiger partial charge on any atom is 0.407 e. The third kappa shape index (κ3) is 4.57. The maximum atomic E-state index is 13.5. The summed E-state index contributed by atoms with van der Waals surface area (Å²) in [4.78, 5) is 27.3. The number of aliphatic hydroxyl groups is 1. The van der Waals surface area contributed by atoms with Crippen LogP contribution in [0.1, 0.15) is 57.4 Å². The van der Waals surface area contributed by atoms with Crippen LogP contribution in [0.5, 0.6) is 0 Å². The van der Waals surface area contributed by atoms with E-state index in [1.807, 2.05) is 12.1 Å². The predicted molar refractivity (Wildman–Crippen MR) is 126 cm³/mol. The van der Waals surface area contributed by atoms with Gasteiger partial charge in [0.1, 0.15) is 0 Å². The monoisotopic (exact) mass is 455 g/mol. The molecular formula is C26H37N3O4. The van der Waals surface area contributed by atoms with Crippen LogP contribution < -0.4 is 15.5 Å².